The number of carbonyl (C=O) groups excluding carboxylic acids is 2. The van der Waals surface area contributed by atoms with E-state index in [9.17, 15) is 9.59 Å². The van der Waals surface area contributed by atoms with Crippen LogP contribution in [-0.4, -0.2) is 43.1 Å². The van der Waals surface area contributed by atoms with Crippen LogP contribution in [0.1, 0.15) is 51.1 Å². The predicted octanol–water partition coefficient (Wildman–Crippen LogP) is 4.66. The van der Waals surface area contributed by atoms with Crippen molar-refractivity contribution < 1.29 is 19.1 Å². The average molecular weight is 472 g/mol. The van der Waals surface area contributed by atoms with Crippen LogP contribution in [0.4, 0.5) is 0 Å². The number of hydrogen-bond donors (Lipinski definition) is 1. The Morgan fingerprint density at radius 1 is 0.914 bits per heavy atom. The molecule has 1 aliphatic heterocycles. The summed E-state index contributed by atoms with van der Waals surface area (Å²) < 4.78 is 11.4. The molecule has 1 saturated heterocycles. The highest BCUT2D eigenvalue weighted by Gasteiger charge is 2.18. The first-order valence-corrected chi connectivity index (χ1v) is 11.7. The van der Waals surface area contributed by atoms with E-state index < -0.39 is 0 Å². The third kappa shape index (κ3) is 6.47. The van der Waals surface area contributed by atoms with E-state index in [2.05, 4.69) is 10.5 Å². The van der Waals surface area contributed by atoms with E-state index in [4.69, 9.17) is 9.47 Å². The van der Waals surface area contributed by atoms with Crippen LogP contribution in [0.15, 0.2) is 77.9 Å². The SMILES string of the molecule is COc1cc(C=NNC(=O)c2ccccc2)ccc1OCc1ccc(C(=O)N2CCCCC2)cc1. The van der Waals surface area contributed by atoms with Crippen LogP contribution >= 0.6 is 0 Å². The maximum absolute atomic E-state index is 12.6. The molecule has 1 aliphatic rings. The lowest BCUT2D eigenvalue weighted by molar-refractivity contribution is 0.0724. The van der Waals surface area contributed by atoms with Crippen molar-refractivity contribution >= 4 is 18.0 Å². The molecular formula is C28H29N3O4. The van der Waals surface area contributed by atoms with Gasteiger partial charge in [0.05, 0.1) is 13.3 Å². The fourth-order valence-corrected chi connectivity index (χ4v) is 3.89. The maximum Gasteiger partial charge on any atom is 0.271 e. The first-order valence-electron chi connectivity index (χ1n) is 11.7. The first-order chi connectivity index (χ1) is 17.1. The molecule has 0 spiro atoms. The molecule has 0 saturated carbocycles. The summed E-state index contributed by atoms with van der Waals surface area (Å²) in [6.45, 7) is 2.02. The minimum atomic E-state index is -0.280. The van der Waals surface area contributed by atoms with Gasteiger partial charge in [0.1, 0.15) is 6.61 Å². The molecule has 0 radical (unpaired) electrons. The lowest BCUT2D eigenvalue weighted by Gasteiger charge is -2.26. The standard InChI is InChI=1S/C28H29N3O4/c1-34-26-18-22(19-29-30-27(32)23-8-4-2-5-9-23)12-15-25(26)35-20-21-10-13-24(14-11-21)28(33)31-16-6-3-7-17-31/h2,4-5,8-15,18-19H,3,6-7,16-17,20H2,1H3,(H,30,32). The Kier molecular flexibility index (Phi) is 8.12. The van der Waals surface area contributed by atoms with Crippen molar-refractivity contribution in [1.82, 2.24) is 10.3 Å². The fourth-order valence-electron chi connectivity index (χ4n) is 3.89. The van der Waals surface area contributed by atoms with Crippen molar-refractivity contribution in [2.24, 2.45) is 5.10 Å². The molecule has 1 heterocycles. The van der Waals surface area contributed by atoms with Crippen molar-refractivity contribution in [3.8, 4) is 11.5 Å². The van der Waals surface area contributed by atoms with Gasteiger partial charge in [0.25, 0.3) is 11.8 Å². The van der Waals surface area contributed by atoms with E-state index in [0.717, 1.165) is 37.1 Å². The Labute approximate surface area is 205 Å². The van der Waals surface area contributed by atoms with Crippen LogP contribution in [-0.2, 0) is 6.61 Å². The smallest absolute Gasteiger partial charge is 0.271 e. The normalized spacial score (nSPS) is 13.5. The number of nitrogens with one attached hydrogen (secondary N) is 1. The van der Waals surface area contributed by atoms with Gasteiger partial charge >= 0.3 is 0 Å². The molecule has 0 aliphatic carbocycles. The largest absolute Gasteiger partial charge is 0.493 e. The maximum atomic E-state index is 12.6. The minimum Gasteiger partial charge on any atom is -0.493 e. The Balaban J connectivity index is 1.33. The summed E-state index contributed by atoms with van der Waals surface area (Å²) in [6.07, 6.45) is 4.90. The lowest BCUT2D eigenvalue weighted by Crippen LogP contribution is -2.35. The van der Waals surface area contributed by atoms with E-state index in [0.29, 0.717) is 29.2 Å². The fraction of sp³-hybridized carbons (Fsp3) is 0.250. The van der Waals surface area contributed by atoms with Gasteiger partial charge in [-0.3, -0.25) is 9.59 Å². The molecule has 3 aromatic rings. The minimum absolute atomic E-state index is 0.0936. The Bertz CT molecular complexity index is 1170. The van der Waals surface area contributed by atoms with Gasteiger partial charge in [0.15, 0.2) is 11.5 Å². The summed E-state index contributed by atoms with van der Waals surface area (Å²) >= 11 is 0. The van der Waals surface area contributed by atoms with Crippen LogP contribution < -0.4 is 14.9 Å². The van der Waals surface area contributed by atoms with E-state index in [1.165, 1.54) is 6.42 Å². The van der Waals surface area contributed by atoms with Crippen molar-refractivity contribution in [1.29, 1.82) is 0 Å². The lowest BCUT2D eigenvalue weighted by atomic mass is 10.1. The van der Waals surface area contributed by atoms with Gasteiger partial charge in [0, 0.05) is 24.2 Å². The molecule has 7 heteroatoms. The zero-order valence-electron chi connectivity index (χ0n) is 19.8. The van der Waals surface area contributed by atoms with Crippen molar-refractivity contribution in [2.75, 3.05) is 20.2 Å². The quantitative estimate of drug-likeness (QED) is 0.383. The molecule has 35 heavy (non-hydrogen) atoms. The molecule has 0 unspecified atom stereocenters. The summed E-state index contributed by atoms with van der Waals surface area (Å²) in [5.41, 5.74) is 5.46. The van der Waals surface area contributed by atoms with Crippen LogP contribution in [0.5, 0.6) is 11.5 Å². The highest BCUT2D eigenvalue weighted by Crippen LogP contribution is 2.28. The molecule has 1 N–H and O–H groups in total. The summed E-state index contributed by atoms with van der Waals surface area (Å²) in [4.78, 5) is 26.6. The Morgan fingerprint density at radius 2 is 1.66 bits per heavy atom. The zero-order chi connectivity index (χ0) is 24.5. The molecule has 0 aromatic heterocycles. The highest BCUT2D eigenvalue weighted by atomic mass is 16.5. The van der Waals surface area contributed by atoms with E-state index in [-0.39, 0.29) is 11.8 Å². The second-order valence-corrected chi connectivity index (χ2v) is 8.31. The number of methoxy groups -OCH3 is 1. The molecule has 180 valence electrons. The zero-order valence-corrected chi connectivity index (χ0v) is 19.8. The van der Waals surface area contributed by atoms with E-state index in [1.54, 1.807) is 49.7 Å². The number of piperidine rings is 1. The molecule has 0 bridgehead atoms. The van der Waals surface area contributed by atoms with Crippen molar-refractivity contribution in [3.05, 3.63) is 95.1 Å². The summed E-state index contributed by atoms with van der Waals surface area (Å²) in [5, 5.41) is 4.02. The number of hydrogen-bond acceptors (Lipinski definition) is 5. The average Bonchev–Trinajstić information content (AvgIpc) is 2.93. The number of carbonyl (C=O) groups is 2. The van der Waals surface area contributed by atoms with Crippen LogP contribution in [0.25, 0.3) is 0 Å². The number of nitrogens with zero attached hydrogens (tertiary/aromatic N) is 2. The number of amides is 2. The highest BCUT2D eigenvalue weighted by molar-refractivity contribution is 5.95. The van der Waals surface area contributed by atoms with E-state index >= 15 is 0 Å². The Morgan fingerprint density at radius 3 is 2.37 bits per heavy atom. The van der Waals surface area contributed by atoms with Gasteiger partial charge in [-0.15, -0.1) is 0 Å². The van der Waals surface area contributed by atoms with Gasteiger partial charge in [-0.2, -0.15) is 5.10 Å². The third-order valence-corrected chi connectivity index (χ3v) is 5.84. The topological polar surface area (TPSA) is 80.2 Å². The van der Waals surface area contributed by atoms with Gasteiger partial charge in [-0.05, 0) is 72.9 Å². The number of likely N-dealkylation sites (tertiary alicyclic amines) is 1. The third-order valence-electron chi connectivity index (χ3n) is 5.84. The number of rotatable bonds is 8. The van der Waals surface area contributed by atoms with Crippen molar-refractivity contribution in [3.63, 3.8) is 0 Å². The monoisotopic (exact) mass is 471 g/mol. The number of ether oxygens (including phenoxy) is 2. The predicted molar refractivity (Wildman–Crippen MR) is 135 cm³/mol. The number of hydrazone groups is 1. The molecular weight excluding hydrogens is 442 g/mol. The van der Waals surface area contributed by atoms with Gasteiger partial charge in [-0.1, -0.05) is 30.3 Å². The summed E-state index contributed by atoms with van der Waals surface area (Å²) in [6, 6.07) is 21.9. The molecule has 1 fully saturated rings. The molecule has 3 aromatic carbocycles. The van der Waals surface area contributed by atoms with Crippen LogP contribution in [0.2, 0.25) is 0 Å². The van der Waals surface area contributed by atoms with Gasteiger partial charge in [-0.25, -0.2) is 5.43 Å². The molecule has 0 atom stereocenters. The second kappa shape index (κ2) is 11.8. The van der Waals surface area contributed by atoms with Crippen LogP contribution in [0, 0.1) is 0 Å². The summed E-state index contributed by atoms with van der Waals surface area (Å²) in [7, 11) is 1.57. The molecule has 2 amide bonds. The van der Waals surface area contributed by atoms with Gasteiger partial charge in [0.2, 0.25) is 0 Å². The Hall–Kier alpha value is -4.13. The molecule has 4 rings (SSSR count). The summed E-state index contributed by atoms with van der Waals surface area (Å²) in [5.74, 6) is 0.958. The van der Waals surface area contributed by atoms with Crippen LogP contribution in [0.3, 0.4) is 0 Å². The second-order valence-electron chi connectivity index (χ2n) is 8.31. The number of benzene rings is 3. The van der Waals surface area contributed by atoms with Crippen molar-refractivity contribution in [2.45, 2.75) is 25.9 Å². The first kappa shape index (κ1) is 24.0. The van der Waals surface area contributed by atoms with E-state index in [1.807, 2.05) is 41.3 Å². The molecule has 7 nitrogen and oxygen atoms in total. The van der Waals surface area contributed by atoms with Gasteiger partial charge < -0.3 is 14.4 Å².